The van der Waals surface area contributed by atoms with E-state index in [0.29, 0.717) is 0 Å². The molecule has 0 atom stereocenters. The number of piperidine rings is 1. The molecule has 4 nitrogen and oxygen atoms in total. The Morgan fingerprint density at radius 3 is 2.67 bits per heavy atom. The summed E-state index contributed by atoms with van der Waals surface area (Å²) in [6.07, 6.45) is 4.10. The standard InChI is InChI=1S/C15H26N4S.HI/c1-13-6-11-20-14(13)12-18-15(16-2)17-7-10-19-8-4-3-5-9-19;/h6,11H,3-5,7-10,12H2,1-2H3,(H2,16,17,18);1H. The van der Waals surface area contributed by atoms with Gasteiger partial charge in [0.1, 0.15) is 0 Å². The van der Waals surface area contributed by atoms with Gasteiger partial charge in [0.05, 0.1) is 6.54 Å². The lowest BCUT2D eigenvalue weighted by Crippen LogP contribution is -2.42. The summed E-state index contributed by atoms with van der Waals surface area (Å²) in [4.78, 5) is 8.19. The third kappa shape index (κ3) is 6.52. The summed E-state index contributed by atoms with van der Waals surface area (Å²) in [6.45, 7) is 7.58. The summed E-state index contributed by atoms with van der Waals surface area (Å²) < 4.78 is 0. The van der Waals surface area contributed by atoms with E-state index in [1.807, 2.05) is 7.05 Å². The SMILES string of the molecule is CN=C(NCCN1CCCCC1)NCc1sccc1C.I. The van der Waals surface area contributed by atoms with Gasteiger partial charge in [0.2, 0.25) is 0 Å². The molecule has 0 aliphatic carbocycles. The van der Waals surface area contributed by atoms with Gasteiger partial charge in [-0.3, -0.25) is 4.99 Å². The van der Waals surface area contributed by atoms with Crippen molar-refractivity contribution in [1.29, 1.82) is 0 Å². The van der Waals surface area contributed by atoms with Crippen LogP contribution in [0.3, 0.4) is 0 Å². The van der Waals surface area contributed by atoms with Crippen molar-refractivity contribution in [3.05, 3.63) is 21.9 Å². The van der Waals surface area contributed by atoms with Crippen LogP contribution in [0, 0.1) is 6.92 Å². The average molecular weight is 422 g/mol. The zero-order valence-corrected chi connectivity index (χ0v) is 16.2. The number of rotatable bonds is 5. The van der Waals surface area contributed by atoms with Crippen molar-refractivity contribution in [3.8, 4) is 0 Å². The normalized spacial score (nSPS) is 16.4. The largest absolute Gasteiger partial charge is 0.355 e. The Balaban J connectivity index is 0.00000220. The maximum atomic E-state index is 4.28. The highest BCUT2D eigenvalue weighted by Crippen LogP contribution is 2.14. The summed E-state index contributed by atoms with van der Waals surface area (Å²) in [5, 5.41) is 8.92. The lowest BCUT2D eigenvalue weighted by atomic mass is 10.1. The van der Waals surface area contributed by atoms with Gasteiger partial charge in [-0.15, -0.1) is 35.3 Å². The molecule has 1 saturated heterocycles. The molecule has 6 heteroatoms. The molecule has 0 aromatic carbocycles. The maximum Gasteiger partial charge on any atom is 0.191 e. The average Bonchev–Trinajstić information content (AvgIpc) is 2.89. The van der Waals surface area contributed by atoms with Crippen molar-refractivity contribution in [2.75, 3.05) is 33.2 Å². The van der Waals surface area contributed by atoms with Gasteiger partial charge >= 0.3 is 0 Å². The van der Waals surface area contributed by atoms with Gasteiger partial charge in [0.15, 0.2) is 5.96 Å². The number of nitrogens with zero attached hydrogens (tertiary/aromatic N) is 2. The van der Waals surface area contributed by atoms with E-state index < -0.39 is 0 Å². The Morgan fingerprint density at radius 1 is 1.29 bits per heavy atom. The first kappa shape index (κ1) is 18.7. The molecule has 1 aliphatic rings. The predicted molar refractivity (Wildman–Crippen MR) is 103 cm³/mol. The van der Waals surface area contributed by atoms with Crippen molar-refractivity contribution in [2.24, 2.45) is 4.99 Å². The molecule has 0 radical (unpaired) electrons. The topological polar surface area (TPSA) is 39.7 Å². The molecule has 2 N–H and O–H groups in total. The number of halogens is 1. The molecule has 21 heavy (non-hydrogen) atoms. The minimum absolute atomic E-state index is 0. The number of guanidine groups is 1. The highest BCUT2D eigenvalue weighted by molar-refractivity contribution is 14.0. The van der Waals surface area contributed by atoms with Crippen LogP contribution in [-0.2, 0) is 6.54 Å². The number of aryl methyl sites for hydroxylation is 1. The first-order valence-corrected chi connectivity index (χ1v) is 8.37. The van der Waals surface area contributed by atoms with Crippen molar-refractivity contribution in [3.63, 3.8) is 0 Å². The van der Waals surface area contributed by atoms with Gasteiger partial charge in [0, 0.05) is 25.0 Å². The molecule has 0 amide bonds. The van der Waals surface area contributed by atoms with Crippen molar-refractivity contribution < 1.29 is 0 Å². The van der Waals surface area contributed by atoms with Gasteiger partial charge in [-0.1, -0.05) is 6.42 Å². The van der Waals surface area contributed by atoms with Crippen LogP contribution in [0.1, 0.15) is 29.7 Å². The Morgan fingerprint density at radius 2 is 2.05 bits per heavy atom. The Hall–Kier alpha value is -0.340. The zero-order chi connectivity index (χ0) is 14.2. The molecule has 2 rings (SSSR count). The lowest BCUT2D eigenvalue weighted by Gasteiger charge is -2.26. The van der Waals surface area contributed by atoms with E-state index in [9.17, 15) is 0 Å². The van der Waals surface area contributed by atoms with Crippen molar-refractivity contribution in [1.82, 2.24) is 15.5 Å². The Kier molecular flexibility index (Phi) is 9.26. The third-order valence-electron chi connectivity index (χ3n) is 3.78. The van der Waals surface area contributed by atoms with Crippen LogP contribution in [0.5, 0.6) is 0 Å². The van der Waals surface area contributed by atoms with Gasteiger partial charge in [0.25, 0.3) is 0 Å². The van der Waals surface area contributed by atoms with E-state index >= 15 is 0 Å². The van der Waals surface area contributed by atoms with Crippen LogP contribution in [-0.4, -0.2) is 44.1 Å². The predicted octanol–water partition coefficient (Wildman–Crippen LogP) is 2.83. The van der Waals surface area contributed by atoms with E-state index in [4.69, 9.17) is 0 Å². The molecule has 0 unspecified atom stereocenters. The number of hydrogen-bond donors (Lipinski definition) is 2. The highest BCUT2D eigenvalue weighted by atomic mass is 127. The first-order valence-electron chi connectivity index (χ1n) is 7.49. The van der Waals surface area contributed by atoms with E-state index in [1.54, 1.807) is 11.3 Å². The first-order chi connectivity index (χ1) is 9.79. The Labute approximate surface area is 149 Å². The van der Waals surface area contributed by atoms with Gasteiger partial charge in [-0.2, -0.15) is 0 Å². The third-order valence-corrected chi connectivity index (χ3v) is 4.80. The van der Waals surface area contributed by atoms with Gasteiger partial charge < -0.3 is 15.5 Å². The molecular formula is C15H27IN4S. The van der Waals surface area contributed by atoms with E-state index in [2.05, 4.69) is 38.9 Å². The maximum absolute atomic E-state index is 4.28. The monoisotopic (exact) mass is 422 g/mol. The molecule has 1 aromatic rings. The molecule has 0 saturated carbocycles. The quantitative estimate of drug-likeness (QED) is 0.436. The molecule has 1 fully saturated rings. The van der Waals surface area contributed by atoms with Crippen LogP contribution in [0.15, 0.2) is 16.4 Å². The highest BCUT2D eigenvalue weighted by Gasteiger charge is 2.09. The number of thiophene rings is 1. The fraction of sp³-hybridized carbons (Fsp3) is 0.667. The van der Waals surface area contributed by atoms with Crippen LogP contribution < -0.4 is 10.6 Å². The second-order valence-corrected chi connectivity index (χ2v) is 6.28. The fourth-order valence-electron chi connectivity index (χ4n) is 2.49. The summed E-state index contributed by atoms with van der Waals surface area (Å²) in [7, 11) is 1.83. The summed E-state index contributed by atoms with van der Waals surface area (Å²) in [5.74, 6) is 0.898. The van der Waals surface area contributed by atoms with E-state index in [1.165, 1.54) is 42.8 Å². The number of nitrogens with one attached hydrogen (secondary N) is 2. The number of likely N-dealkylation sites (tertiary alicyclic amines) is 1. The zero-order valence-electron chi connectivity index (χ0n) is 13.0. The van der Waals surface area contributed by atoms with Crippen LogP contribution in [0.25, 0.3) is 0 Å². The van der Waals surface area contributed by atoms with Gasteiger partial charge in [-0.05, 0) is 49.9 Å². The molecule has 2 heterocycles. The van der Waals surface area contributed by atoms with E-state index in [-0.39, 0.29) is 24.0 Å². The Bertz CT molecular complexity index is 427. The second-order valence-electron chi connectivity index (χ2n) is 5.28. The van der Waals surface area contributed by atoms with E-state index in [0.717, 1.165) is 25.6 Å². The molecule has 1 aromatic heterocycles. The minimum Gasteiger partial charge on any atom is -0.355 e. The molecule has 0 bridgehead atoms. The minimum atomic E-state index is 0. The number of hydrogen-bond acceptors (Lipinski definition) is 3. The van der Waals surface area contributed by atoms with Crippen LogP contribution in [0.2, 0.25) is 0 Å². The van der Waals surface area contributed by atoms with Crippen LogP contribution >= 0.6 is 35.3 Å². The van der Waals surface area contributed by atoms with Crippen molar-refractivity contribution >= 4 is 41.3 Å². The molecule has 0 spiro atoms. The second kappa shape index (κ2) is 10.4. The molecule has 120 valence electrons. The summed E-state index contributed by atoms with van der Waals surface area (Å²) in [5.41, 5.74) is 1.35. The number of aliphatic imine (C=N–C) groups is 1. The summed E-state index contributed by atoms with van der Waals surface area (Å²) >= 11 is 1.80. The van der Waals surface area contributed by atoms with Gasteiger partial charge in [-0.25, -0.2) is 0 Å². The fourth-order valence-corrected chi connectivity index (χ4v) is 3.33. The molecule has 1 aliphatic heterocycles. The summed E-state index contributed by atoms with van der Waals surface area (Å²) in [6, 6.07) is 2.16. The van der Waals surface area contributed by atoms with Crippen molar-refractivity contribution in [2.45, 2.75) is 32.7 Å². The van der Waals surface area contributed by atoms with Crippen LogP contribution in [0.4, 0.5) is 0 Å². The molecular weight excluding hydrogens is 395 g/mol. The lowest BCUT2D eigenvalue weighted by molar-refractivity contribution is 0.232. The smallest absolute Gasteiger partial charge is 0.191 e.